The third kappa shape index (κ3) is 3.12. The molecule has 4 aromatic rings. The van der Waals surface area contributed by atoms with Crippen LogP contribution in [0.5, 0.6) is 5.88 Å². The molecule has 0 bridgehead atoms. The molecular weight excluding hydrogens is 381 g/mol. The average molecular weight is 405 g/mol. The van der Waals surface area contributed by atoms with Gasteiger partial charge in [-0.3, -0.25) is 0 Å². The number of hydrogen-bond acceptors (Lipinski definition) is 4. The molecule has 0 aliphatic carbocycles. The lowest BCUT2D eigenvalue weighted by molar-refractivity contribution is -0.0366. The highest BCUT2D eigenvalue weighted by Crippen LogP contribution is 2.40. The Balaban J connectivity index is 1.78. The maximum absolute atomic E-state index is 13.5. The van der Waals surface area contributed by atoms with Crippen molar-refractivity contribution in [3.05, 3.63) is 54.1 Å². The van der Waals surface area contributed by atoms with E-state index < -0.39 is 0 Å². The molecule has 30 heavy (non-hydrogen) atoms. The number of pyridine rings is 1. The van der Waals surface area contributed by atoms with Crippen LogP contribution in [0, 0.1) is 5.82 Å². The molecule has 2 aromatic heterocycles. The number of halogens is 1. The first-order valence-corrected chi connectivity index (χ1v) is 10.4. The lowest BCUT2D eigenvalue weighted by atomic mass is 9.92. The van der Waals surface area contributed by atoms with Gasteiger partial charge in [0.05, 0.1) is 17.4 Å². The Bertz CT molecular complexity index is 1230. The number of aromatic nitrogens is 3. The Hall–Kier alpha value is -2.99. The molecule has 1 saturated heterocycles. The largest absolute Gasteiger partial charge is 0.493 e. The maximum Gasteiger partial charge on any atom is 0.219 e. The van der Waals surface area contributed by atoms with Gasteiger partial charge in [0.15, 0.2) is 6.23 Å². The van der Waals surface area contributed by atoms with Crippen LogP contribution in [0.3, 0.4) is 0 Å². The smallest absolute Gasteiger partial charge is 0.219 e. The molecule has 154 valence electrons. The van der Waals surface area contributed by atoms with E-state index in [2.05, 4.69) is 10.1 Å². The fourth-order valence-corrected chi connectivity index (χ4v) is 4.34. The number of hydrogen-bond donors (Lipinski definition) is 1. The van der Waals surface area contributed by atoms with Gasteiger partial charge in [-0.2, -0.15) is 5.10 Å². The fraction of sp³-hybridized carbons (Fsp3) is 0.333. The number of aromatic hydroxyl groups is 1. The number of ether oxygens (including phenoxy) is 1. The van der Waals surface area contributed by atoms with Crippen molar-refractivity contribution in [2.75, 3.05) is 6.61 Å². The molecule has 0 radical (unpaired) electrons. The van der Waals surface area contributed by atoms with Crippen molar-refractivity contribution in [1.82, 2.24) is 14.8 Å². The monoisotopic (exact) mass is 405 g/mol. The molecule has 0 spiro atoms. The molecule has 3 heterocycles. The summed E-state index contributed by atoms with van der Waals surface area (Å²) in [5, 5.41) is 17.9. The Morgan fingerprint density at radius 3 is 2.63 bits per heavy atom. The number of fused-ring (bicyclic) bond motifs is 2. The molecular formula is C24H24FN3O2. The molecule has 1 aliphatic rings. The van der Waals surface area contributed by atoms with Crippen LogP contribution in [-0.4, -0.2) is 26.5 Å². The van der Waals surface area contributed by atoms with Gasteiger partial charge < -0.3 is 9.84 Å². The van der Waals surface area contributed by atoms with E-state index in [-0.39, 0.29) is 23.8 Å². The predicted octanol–water partition coefficient (Wildman–Crippen LogP) is 5.92. The lowest BCUT2D eigenvalue weighted by Crippen LogP contribution is -2.18. The summed E-state index contributed by atoms with van der Waals surface area (Å²) in [5.41, 5.74) is 3.49. The van der Waals surface area contributed by atoms with Crippen LogP contribution in [0.15, 0.2) is 42.6 Å². The highest BCUT2D eigenvalue weighted by molar-refractivity contribution is 6.06. The van der Waals surface area contributed by atoms with Gasteiger partial charge in [-0.1, -0.05) is 26.0 Å². The summed E-state index contributed by atoms with van der Waals surface area (Å²) in [6.07, 6.45) is 4.86. The minimum atomic E-state index is -0.281. The van der Waals surface area contributed by atoms with Gasteiger partial charge in [-0.15, -0.1) is 0 Å². The van der Waals surface area contributed by atoms with Gasteiger partial charge in [0, 0.05) is 22.9 Å². The van der Waals surface area contributed by atoms with Gasteiger partial charge in [0.1, 0.15) is 5.82 Å². The molecule has 5 rings (SSSR count). The van der Waals surface area contributed by atoms with Gasteiger partial charge in [0.25, 0.3) is 0 Å². The first kappa shape index (κ1) is 19.0. The highest BCUT2D eigenvalue weighted by Gasteiger charge is 2.22. The number of nitrogens with zero attached hydrogens (tertiary/aromatic N) is 3. The normalized spacial score (nSPS) is 17.3. The third-order valence-electron chi connectivity index (χ3n) is 5.84. The zero-order valence-electron chi connectivity index (χ0n) is 17.1. The summed E-state index contributed by atoms with van der Waals surface area (Å²) in [5.74, 6) is -0.190. The number of benzene rings is 2. The van der Waals surface area contributed by atoms with Crippen molar-refractivity contribution < 1.29 is 14.2 Å². The van der Waals surface area contributed by atoms with E-state index in [0.29, 0.717) is 5.39 Å². The summed E-state index contributed by atoms with van der Waals surface area (Å²) in [4.78, 5) is 4.53. The molecule has 2 aromatic carbocycles. The van der Waals surface area contributed by atoms with Crippen LogP contribution in [0.25, 0.3) is 32.8 Å². The topological polar surface area (TPSA) is 60.2 Å². The molecule has 1 N–H and O–H groups in total. The van der Waals surface area contributed by atoms with E-state index in [0.717, 1.165) is 59.0 Å². The summed E-state index contributed by atoms with van der Waals surface area (Å²) in [6, 6.07) is 10.4. The maximum atomic E-state index is 13.5. The summed E-state index contributed by atoms with van der Waals surface area (Å²) in [7, 11) is 0. The highest BCUT2D eigenvalue weighted by atomic mass is 19.1. The van der Waals surface area contributed by atoms with Crippen molar-refractivity contribution >= 4 is 21.7 Å². The Morgan fingerprint density at radius 1 is 1.13 bits per heavy atom. The van der Waals surface area contributed by atoms with Crippen LogP contribution in [0.2, 0.25) is 0 Å². The van der Waals surface area contributed by atoms with E-state index in [4.69, 9.17) is 4.74 Å². The minimum Gasteiger partial charge on any atom is -0.493 e. The van der Waals surface area contributed by atoms with E-state index in [9.17, 15) is 9.50 Å². The quantitative estimate of drug-likeness (QED) is 0.460. The second-order valence-corrected chi connectivity index (χ2v) is 8.22. The Labute approximate surface area is 174 Å². The first-order valence-electron chi connectivity index (χ1n) is 10.4. The molecule has 1 unspecified atom stereocenters. The standard InChI is InChI=1S/C24H24FN3O2/c1-14(2)23-22(15-6-8-17(25)9-7-15)18-11-16-13-26-28(21-5-3-4-10-30-21)20(16)12-19(18)24(29)27-23/h6-9,11-14,21H,3-5,10H2,1-2H3,(H,27,29). The third-order valence-corrected chi connectivity index (χ3v) is 5.84. The molecule has 5 nitrogen and oxygen atoms in total. The summed E-state index contributed by atoms with van der Waals surface area (Å²) >= 11 is 0. The van der Waals surface area contributed by atoms with Crippen LogP contribution in [0.4, 0.5) is 4.39 Å². The minimum absolute atomic E-state index is 0.00113. The lowest BCUT2D eigenvalue weighted by Gasteiger charge is -2.23. The first-order chi connectivity index (χ1) is 14.5. The van der Waals surface area contributed by atoms with Crippen molar-refractivity contribution in [3.63, 3.8) is 0 Å². The number of rotatable bonds is 3. The molecule has 1 atom stereocenters. The van der Waals surface area contributed by atoms with Gasteiger partial charge >= 0.3 is 0 Å². The van der Waals surface area contributed by atoms with Crippen molar-refractivity contribution in [2.24, 2.45) is 0 Å². The second kappa shape index (κ2) is 7.36. The molecule has 0 saturated carbocycles. The summed E-state index contributed by atoms with van der Waals surface area (Å²) < 4.78 is 21.4. The fourth-order valence-electron chi connectivity index (χ4n) is 4.34. The average Bonchev–Trinajstić information content (AvgIpc) is 3.17. The molecule has 1 fully saturated rings. The van der Waals surface area contributed by atoms with Crippen LogP contribution in [0.1, 0.15) is 50.9 Å². The summed E-state index contributed by atoms with van der Waals surface area (Å²) in [6.45, 7) is 4.81. The van der Waals surface area contributed by atoms with E-state index >= 15 is 0 Å². The molecule has 0 amide bonds. The van der Waals surface area contributed by atoms with Gasteiger partial charge in [0.2, 0.25) is 5.88 Å². The van der Waals surface area contributed by atoms with E-state index in [1.165, 1.54) is 12.1 Å². The molecule has 6 heteroatoms. The van der Waals surface area contributed by atoms with Crippen LogP contribution < -0.4 is 0 Å². The van der Waals surface area contributed by atoms with Crippen LogP contribution >= 0.6 is 0 Å². The second-order valence-electron chi connectivity index (χ2n) is 8.22. The van der Waals surface area contributed by atoms with Crippen LogP contribution in [-0.2, 0) is 4.74 Å². The SMILES string of the molecule is CC(C)c1nc(O)c2cc3c(cnn3C3CCCCO3)cc2c1-c1ccc(F)cc1. The van der Waals surface area contributed by atoms with E-state index in [1.807, 2.05) is 36.9 Å². The van der Waals surface area contributed by atoms with Crippen molar-refractivity contribution in [2.45, 2.75) is 45.3 Å². The van der Waals surface area contributed by atoms with Gasteiger partial charge in [-0.25, -0.2) is 14.1 Å². The Morgan fingerprint density at radius 2 is 1.93 bits per heavy atom. The van der Waals surface area contributed by atoms with Gasteiger partial charge in [-0.05, 0) is 60.4 Å². The van der Waals surface area contributed by atoms with Crippen molar-refractivity contribution in [3.8, 4) is 17.0 Å². The molecule has 1 aliphatic heterocycles. The van der Waals surface area contributed by atoms with E-state index in [1.54, 1.807) is 12.1 Å². The Kier molecular flexibility index (Phi) is 4.66. The predicted molar refractivity (Wildman–Crippen MR) is 115 cm³/mol. The zero-order valence-corrected chi connectivity index (χ0v) is 17.1. The zero-order chi connectivity index (χ0) is 20.8. The van der Waals surface area contributed by atoms with Crippen molar-refractivity contribution in [1.29, 1.82) is 0 Å².